The Bertz CT molecular complexity index is 256. The van der Waals surface area contributed by atoms with E-state index in [0.717, 1.165) is 5.56 Å². The first-order valence-corrected chi connectivity index (χ1v) is 4.11. The monoisotopic (exact) mass is 185 g/mol. The van der Waals surface area contributed by atoms with E-state index in [9.17, 15) is 5.11 Å². The molecule has 0 heterocycles. The number of benzene rings is 1. The number of hydrogen-bond acceptors (Lipinski definition) is 2. The summed E-state index contributed by atoms with van der Waals surface area (Å²) in [5.74, 6) is 0. The molecule has 0 aromatic heterocycles. The molecule has 0 saturated heterocycles. The van der Waals surface area contributed by atoms with E-state index >= 15 is 0 Å². The highest BCUT2D eigenvalue weighted by molar-refractivity contribution is 6.30. The maximum atomic E-state index is 9.73. The van der Waals surface area contributed by atoms with E-state index in [2.05, 4.69) is 5.32 Å². The molecule has 0 saturated carbocycles. The van der Waals surface area contributed by atoms with Crippen LogP contribution >= 0.6 is 11.6 Å². The Kier molecular flexibility index (Phi) is 2.73. The largest absolute Gasteiger partial charge is 0.372 e. The van der Waals surface area contributed by atoms with Crippen molar-refractivity contribution in [1.82, 2.24) is 5.32 Å². The van der Waals surface area contributed by atoms with Gasteiger partial charge in [-0.1, -0.05) is 23.7 Å². The molecule has 12 heavy (non-hydrogen) atoms. The molecule has 3 heteroatoms. The lowest BCUT2D eigenvalue weighted by Gasteiger charge is -2.22. The van der Waals surface area contributed by atoms with Gasteiger partial charge in [-0.2, -0.15) is 0 Å². The van der Waals surface area contributed by atoms with Crippen LogP contribution in [-0.4, -0.2) is 12.2 Å². The van der Waals surface area contributed by atoms with Crippen molar-refractivity contribution in [2.24, 2.45) is 0 Å². The quantitative estimate of drug-likeness (QED) is 0.688. The molecule has 1 unspecified atom stereocenters. The first kappa shape index (κ1) is 9.52. The van der Waals surface area contributed by atoms with Crippen LogP contribution in [0.5, 0.6) is 0 Å². The van der Waals surface area contributed by atoms with Gasteiger partial charge >= 0.3 is 0 Å². The molecule has 0 spiro atoms. The highest BCUT2D eigenvalue weighted by Gasteiger charge is 2.19. The average molecular weight is 186 g/mol. The first-order valence-electron chi connectivity index (χ1n) is 3.73. The number of rotatable bonds is 2. The third-order valence-corrected chi connectivity index (χ3v) is 2.15. The fourth-order valence-electron chi connectivity index (χ4n) is 0.919. The minimum atomic E-state index is -0.982. The summed E-state index contributed by atoms with van der Waals surface area (Å²) in [6.07, 6.45) is 0. The average Bonchev–Trinajstić information content (AvgIpc) is 2.05. The molecule has 2 N–H and O–H groups in total. The van der Waals surface area contributed by atoms with Crippen LogP contribution in [0.15, 0.2) is 24.3 Å². The van der Waals surface area contributed by atoms with Gasteiger partial charge < -0.3 is 5.11 Å². The lowest BCUT2D eigenvalue weighted by Crippen LogP contribution is -2.36. The highest BCUT2D eigenvalue weighted by Crippen LogP contribution is 2.18. The van der Waals surface area contributed by atoms with Gasteiger partial charge in [0.15, 0.2) is 0 Å². The van der Waals surface area contributed by atoms with E-state index in [1.54, 1.807) is 38.2 Å². The van der Waals surface area contributed by atoms with Gasteiger partial charge in [0.25, 0.3) is 0 Å². The highest BCUT2D eigenvalue weighted by atomic mass is 35.5. The second-order valence-corrected chi connectivity index (χ2v) is 3.27. The van der Waals surface area contributed by atoms with Crippen LogP contribution in [0.2, 0.25) is 5.02 Å². The molecule has 0 bridgehead atoms. The second kappa shape index (κ2) is 3.44. The van der Waals surface area contributed by atoms with E-state index in [4.69, 9.17) is 11.6 Å². The normalized spacial score (nSPS) is 15.7. The molecule has 0 aliphatic carbocycles. The summed E-state index contributed by atoms with van der Waals surface area (Å²) < 4.78 is 0. The molecule has 1 rings (SSSR count). The predicted octanol–water partition coefficient (Wildman–Crippen LogP) is 1.72. The van der Waals surface area contributed by atoms with E-state index in [0.29, 0.717) is 5.02 Å². The molecular formula is C9H12ClNO. The molecule has 0 aliphatic rings. The van der Waals surface area contributed by atoms with Crippen molar-refractivity contribution in [1.29, 1.82) is 0 Å². The molecule has 66 valence electrons. The lowest BCUT2D eigenvalue weighted by atomic mass is 10.1. The van der Waals surface area contributed by atoms with Crippen molar-refractivity contribution in [2.45, 2.75) is 12.6 Å². The molecule has 0 aliphatic heterocycles. The molecule has 1 aromatic rings. The van der Waals surface area contributed by atoms with Crippen LogP contribution in [0, 0.1) is 0 Å². The van der Waals surface area contributed by atoms with Gasteiger partial charge in [-0.25, -0.2) is 0 Å². The van der Waals surface area contributed by atoms with Gasteiger partial charge in [0.1, 0.15) is 5.72 Å². The van der Waals surface area contributed by atoms with Gasteiger partial charge in [-0.15, -0.1) is 0 Å². The minimum Gasteiger partial charge on any atom is -0.372 e. The second-order valence-electron chi connectivity index (χ2n) is 2.83. The molecule has 0 amide bonds. The SMILES string of the molecule is CNC(C)(O)c1ccc(Cl)cc1. The van der Waals surface area contributed by atoms with Crippen LogP contribution in [-0.2, 0) is 5.72 Å². The number of aliphatic hydroxyl groups is 1. The summed E-state index contributed by atoms with van der Waals surface area (Å²) in [5, 5.41) is 13.2. The summed E-state index contributed by atoms with van der Waals surface area (Å²) in [6.45, 7) is 1.69. The smallest absolute Gasteiger partial charge is 0.139 e. The Labute approximate surface area is 77.2 Å². The Morgan fingerprint density at radius 1 is 1.33 bits per heavy atom. The first-order chi connectivity index (χ1) is 5.56. The van der Waals surface area contributed by atoms with Crippen molar-refractivity contribution in [3.63, 3.8) is 0 Å². The lowest BCUT2D eigenvalue weighted by molar-refractivity contribution is 0.0282. The zero-order valence-corrected chi connectivity index (χ0v) is 7.89. The van der Waals surface area contributed by atoms with Gasteiger partial charge in [0.05, 0.1) is 0 Å². The fourth-order valence-corrected chi connectivity index (χ4v) is 1.04. The molecule has 0 radical (unpaired) electrons. The zero-order valence-electron chi connectivity index (χ0n) is 7.13. The fraction of sp³-hybridized carbons (Fsp3) is 0.333. The van der Waals surface area contributed by atoms with E-state index < -0.39 is 5.72 Å². The minimum absolute atomic E-state index is 0.672. The topological polar surface area (TPSA) is 32.3 Å². The molecule has 2 nitrogen and oxygen atoms in total. The van der Waals surface area contributed by atoms with Gasteiger partial charge in [0.2, 0.25) is 0 Å². The van der Waals surface area contributed by atoms with Gasteiger partial charge in [0, 0.05) is 5.02 Å². The zero-order chi connectivity index (χ0) is 9.19. The maximum absolute atomic E-state index is 9.73. The number of nitrogens with one attached hydrogen (secondary N) is 1. The Balaban J connectivity index is 2.96. The summed E-state index contributed by atoms with van der Waals surface area (Å²) in [7, 11) is 1.70. The third-order valence-electron chi connectivity index (χ3n) is 1.89. The molecule has 0 fully saturated rings. The third kappa shape index (κ3) is 1.97. The van der Waals surface area contributed by atoms with E-state index in [1.807, 2.05) is 0 Å². The Morgan fingerprint density at radius 2 is 1.83 bits per heavy atom. The Hall–Kier alpha value is -0.570. The molecular weight excluding hydrogens is 174 g/mol. The molecule has 1 atom stereocenters. The van der Waals surface area contributed by atoms with Crippen LogP contribution in [0.4, 0.5) is 0 Å². The standard InChI is InChI=1S/C9H12ClNO/c1-9(12,11-2)7-3-5-8(10)6-4-7/h3-6,11-12H,1-2H3. The van der Waals surface area contributed by atoms with Crippen molar-refractivity contribution in [3.05, 3.63) is 34.9 Å². The van der Waals surface area contributed by atoms with E-state index in [-0.39, 0.29) is 0 Å². The van der Waals surface area contributed by atoms with Crippen LogP contribution in [0.25, 0.3) is 0 Å². The number of halogens is 1. The predicted molar refractivity (Wildman–Crippen MR) is 50.1 cm³/mol. The maximum Gasteiger partial charge on any atom is 0.139 e. The molecule has 1 aromatic carbocycles. The summed E-state index contributed by atoms with van der Waals surface area (Å²) in [6, 6.07) is 7.09. The summed E-state index contributed by atoms with van der Waals surface area (Å²) in [4.78, 5) is 0. The summed E-state index contributed by atoms with van der Waals surface area (Å²) >= 11 is 5.70. The van der Waals surface area contributed by atoms with Gasteiger partial charge in [-0.3, -0.25) is 5.32 Å². The van der Waals surface area contributed by atoms with Crippen LogP contribution < -0.4 is 5.32 Å². The van der Waals surface area contributed by atoms with Crippen molar-refractivity contribution < 1.29 is 5.11 Å². The van der Waals surface area contributed by atoms with Crippen molar-refractivity contribution in [3.8, 4) is 0 Å². The Morgan fingerprint density at radius 3 is 2.25 bits per heavy atom. The van der Waals surface area contributed by atoms with Gasteiger partial charge in [-0.05, 0) is 31.7 Å². The van der Waals surface area contributed by atoms with Crippen molar-refractivity contribution >= 4 is 11.6 Å². The van der Waals surface area contributed by atoms with Crippen molar-refractivity contribution in [2.75, 3.05) is 7.05 Å². The van der Waals surface area contributed by atoms with Crippen LogP contribution in [0.1, 0.15) is 12.5 Å². The van der Waals surface area contributed by atoms with Crippen LogP contribution in [0.3, 0.4) is 0 Å². The van der Waals surface area contributed by atoms with E-state index in [1.165, 1.54) is 0 Å². The summed E-state index contributed by atoms with van der Waals surface area (Å²) in [5.41, 5.74) is -0.181. The number of hydrogen-bond donors (Lipinski definition) is 2.